The summed E-state index contributed by atoms with van der Waals surface area (Å²) in [5, 5.41) is 17.5. The molecule has 0 atom stereocenters. The predicted molar refractivity (Wildman–Crippen MR) is 70.0 cm³/mol. The van der Waals surface area contributed by atoms with Crippen LogP contribution in [0.25, 0.3) is 0 Å². The quantitative estimate of drug-likeness (QED) is 0.722. The molecule has 1 heterocycles. The number of aliphatic hydroxyl groups excluding tert-OH is 2. The highest BCUT2D eigenvalue weighted by molar-refractivity contribution is 5.59. The summed E-state index contributed by atoms with van der Waals surface area (Å²) in [5.74, 6) is 12.5. The van der Waals surface area contributed by atoms with Crippen LogP contribution in [-0.2, 0) is 0 Å². The van der Waals surface area contributed by atoms with Crippen LogP contribution in [0.2, 0.25) is 0 Å². The molecule has 1 aromatic rings. The summed E-state index contributed by atoms with van der Waals surface area (Å²) in [4.78, 5) is 0. The summed E-state index contributed by atoms with van der Waals surface area (Å²) < 4.78 is 11.0. The van der Waals surface area contributed by atoms with Crippen LogP contribution in [0.3, 0.4) is 0 Å². The number of aliphatic hydroxyl groups is 2. The topological polar surface area (TPSA) is 58.9 Å². The Balaban J connectivity index is 2.40. The van der Waals surface area contributed by atoms with Crippen LogP contribution in [0.5, 0.6) is 11.5 Å². The highest BCUT2D eigenvalue weighted by Crippen LogP contribution is 2.32. The molecule has 1 aliphatic heterocycles. The number of ether oxygens (including phenoxy) is 2. The summed E-state index contributed by atoms with van der Waals surface area (Å²) in [7, 11) is 0. The van der Waals surface area contributed by atoms with E-state index in [-0.39, 0.29) is 13.2 Å². The number of fused-ring (bicyclic) bond motifs is 1. The summed E-state index contributed by atoms with van der Waals surface area (Å²) >= 11 is 0. The molecule has 0 fully saturated rings. The lowest BCUT2D eigenvalue weighted by Gasteiger charge is -2.19. The van der Waals surface area contributed by atoms with Crippen LogP contribution < -0.4 is 9.47 Å². The van der Waals surface area contributed by atoms with Crippen LogP contribution in [0, 0.1) is 23.7 Å². The van der Waals surface area contributed by atoms with Gasteiger partial charge < -0.3 is 19.7 Å². The molecule has 0 aromatic heterocycles. The van der Waals surface area contributed by atoms with E-state index in [1.807, 2.05) is 0 Å². The van der Waals surface area contributed by atoms with Crippen molar-refractivity contribution in [1.82, 2.24) is 0 Å². The van der Waals surface area contributed by atoms with Crippen molar-refractivity contribution >= 4 is 0 Å². The highest BCUT2D eigenvalue weighted by Gasteiger charge is 2.14. The Labute approximate surface area is 112 Å². The monoisotopic (exact) mass is 258 g/mol. The zero-order valence-electron chi connectivity index (χ0n) is 10.4. The van der Waals surface area contributed by atoms with Crippen LogP contribution in [0.1, 0.15) is 17.5 Å². The van der Waals surface area contributed by atoms with E-state index in [2.05, 4.69) is 23.7 Å². The van der Waals surface area contributed by atoms with Gasteiger partial charge in [-0.15, -0.1) is 0 Å². The van der Waals surface area contributed by atoms with Gasteiger partial charge in [-0.2, -0.15) is 0 Å². The molecule has 0 spiro atoms. The smallest absolute Gasteiger partial charge is 0.162 e. The molecule has 2 rings (SSSR count). The minimum Gasteiger partial charge on any atom is -0.486 e. The lowest BCUT2D eigenvalue weighted by atomic mass is 10.1. The van der Waals surface area contributed by atoms with Crippen LogP contribution >= 0.6 is 0 Å². The first-order valence-corrected chi connectivity index (χ1v) is 5.98. The third kappa shape index (κ3) is 3.42. The molecule has 0 unspecified atom stereocenters. The Morgan fingerprint density at radius 3 is 2.05 bits per heavy atom. The molecule has 0 amide bonds. The van der Waals surface area contributed by atoms with Crippen molar-refractivity contribution in [3.8, 4) is 35.2 Å². The minimum atomic E-state index is -0.210. The molecule has 1 aliphatic rings. The van der Waals surface area contributed by atoms with Crippen molar-refractivity contribution in [2.75, 3.05) is 26.4 Å². The standard InChI is InChI=1S/C15H14O4/c16-6-2-1-4-12-10-14-15(19-9-8-18-14)11-13(12)5-3-7-17/h10-11,16-17H,2,6-9H2. The van der Waals surface area contributed by atoms with Gasteiger partial charge in [0.25, 0.3) is 0 Å². The van der Waals surface area contributed by atoms with E-state index in [4.69, 9.17) is 19.7 Å². The Kier molecular flexibility index (Phi) is 4.69. The van der Waals surface area contributed by atoms with Gasteiger partial charge in [-0.25, -0.2) is 0 Å². The molecule has 2 N–H and O–H groups in total. The second-order valence-electron chi connectivity index (χ2n) is 3.78. The molecule has 98 valence electrons. The second-order valence-corrected chi connectivity index (χ2v) is 3.78. The number of rotatable bonds is 1. The van der Waals surface area contributed by atoms with E-state index >= 15 is 0 Å². The van der Waals surface area contributed by atoms with E-state index in [9.17, 15) is 0 Å². The summed E-state index contributed by atoms with van der Waals surface area (Å²) in [5.41, 5.74) is 1.39. The Bertz CT molecular complexity index is 570. The predicted octanol–water partition coefficient (Wildman–Crippen LogP) is 0.535. The third-order valence-electron chi connectivity index (χ3n) is 2.44. The zero-order valence-corrected chi connectivity index (χ0v) is 10.4. The van der Waals surface area contributed by atoms with Gasteiger partial charge in [-0.3, -0.25) is 0 Å². The molecule has 4 nitrogen and oxygen atoms in total. The second kappa shape index (κ2) is 6.70. The van der Waals surface area contributed by atoms with Gasteiger partial charge in [-0.05, 0) is 0 Å². The maximum Gasteiger partial charge on any atom is 0.162 e. The summed E-state index contributed by atoms with van der Waals surface area (Å²) in [6, 6.07) is 3.54. The van der Waals surface area contributed by atoms with Gasteiger partial charge in [0.05, 0.1) is 6.61 Å². The fraction of sp³-hybridized carbons (Fsp3) is 0.333. The first-order chi connectivity index (χ1) is 9.35. The van der Waals surface area contributed by atoms with Crippen LogP contribution in [0.15, 0.2) is 12.1 Å². The lowest BCUT2D eigenvalue weighted by molar-refractivity contribution is 0.171. The van der Waals surface area contributed by atoms with Gasteiger partial charge in [0.1, 0.15) is 19.8 Å². The molecule has 0 aliphatic carbocycles. The molecule has 0 saturated heterocycles. The molecule has 0 bridgehead atoms. The molecular weight excluding hydrogens is 244 g/mol. The van der Waals surface area contributed by atoms with Gasteiger partial charge in [0, 0.05) is 29.7 Å². The molecule has 0 saturated carbocycles. The third-order valence-corrected chi connectivity index (χ3v) is 2.44. The van der Waals surface area contributed by atoms with Crippen molar-refractivity contribution in [3.63, 3.8) is 0 Å². The van der Waals surface area contributed by atoms with Crippen molar-refractivity contribution in [2.45, 2.75) is 6.42 Å². The van der Waals surface area contributed by atoms with Crippen molar-refractivity contribution in [2.24, 2.45) is 0 Å². The van der Waals surface area contributed by atoms with E-state index < -0.39 is 0 Å². The average molecular weight is 258 g/mol. The largest absolute Gasteiger partial charge is 0.486 e. The normalized spacial score (nSPS) is 11.9. The van der Waals surface area contributed by atoms with Crippen molar-refractivity contribution < 1.29 is 19.7 Å². The van der Waals surface area contributed by atoms with E-state index in [0.717, 1.165) is 0 Å². The lowest BCUT2D eigenvalue weighted by Crippen LogP contribution is -2.15. The molecule has 19 heavy (non-hydrogen) atoms. The average Bonchev–Trinajstić information content (AvgIpc) is 2.45. The summed E-state index contributed by atoms with van der Waals surface area (Å²) in [6.07, 6.45) is 0.404. The van der Waals surface area contributed by atoms with Gasteiger partial charge in [0.2, 0.25) is 0 Å². The van der Waals surface area contributed by atoms with E-state index in [0.29, 0.717) is 42.3 Å². The Morgan fingerprint density at radius 2 is 1.53 bits per heavy atom. The Hall–Kier alpha value is -2.14. The molecule has 1 aromatic carbocycles. The number of benzene rings is 1. The van der Waals surface area contributed by atoms with Crippen LogP contribution in [0.4, 0.5) is 0 Å². The van der Waals surface area contributed by atoms with Gasteiger partial charge in [-0.1, -0.05) is 23.7 Å². The fourth-order valence-corrected chi connectivity index (χ4v) is 1.64. The highest BCUT2D eigenvalue weighted by atomic mass is 16.6. The first kappa shape index (κ1) is 13.3. The number of hydrogen-bond acceptors (Lipinski definition) is 4. The van der Waals surface area contributed by atoms with Crippen molar-refractivity contribution in [3.05, 3.63) is 23.3 Å². The van der Waals surface area contributed by atoms with Gasteiger partial charge in [0.15, 0.2) is 11.5 Å². The SMILES string of the molecule is OCC#Cc1cc2c(cc1C#CCCO)OCCO2. The molecule has 0 radical (unpaired) electrons. The molecule has 4 heteroatoms. The van der Waals surface area contributed by atoms with Gasteiger partial charge >= 0.3 is 0 Å². The Morgan fingerprint density at radius 1 is 0.947 bits per heavy atom. The zero-order chi connectivity index (χ0) is 13.5. The van der Waals surface area contributed by atoms with Crippen LogP contribution in [-0.4, -0.2) is 36.6 Å². The maximum atomic E-state index is 8.77. The first-order valence-electron chi connectivity index (χ1n) is 5.98. The van der Waals surface area contributed by atoms with E-state index in [1.165, 1.54) is 0 Å². The van der Waals surface area contributed by atoms with Crippen molar-refractivity contribution in [1.29, 1.82) is 0 Å². The fourth-order valence-electron chi connectivity index (χ4n) is 1.64. The molecular formula is C15H14O4. The summed E-state index contributed by atoms with van der Waals surface area (Å²) in [6.45, 7) is 0.834. The van der Waals surface area contributed by atoms with E-state index in [1.54, 1.807) is 12.1 Å². The minimum absolute atomic E-state index is 0.0230. The number of hydrogen-bond donors (Lipinski definition) is 2. The maximum absolute atomic E-state index is 8.77.